The molecule has 34 heavy (non-hydrogen) atoms. The maximum Gasteiger partial charge on any atom is 0.416 e. The van der Waals surface area contributed by atoms with Crippen LogP contribution in [0.15, 0.2) is 33.8 Å². The number of aryl methyl sites for hydroxylation is 1. The summed E-state index contributed by atoms with van der Waals surface area (Å²) in [6.45, 7) is 9.77. The topological polar surface area (TPSA) is 60.0 Å². The van der Waals surface area contributed by atoms with Crippen LogP contribution in [0.4, 0.5) is 13.2 Å². The number of likely N-dealkylation sites (tertiary alicyclic amines) is 1. The highest BCUT2D eigenvalue weighted by Gasteiger charge is 2.32. The van der Waals surface area contributed by atoms with E-state index < -0.39 is 17.6 Å². The lowest BCUT2D eigenvalue weighted by Crippen LogP contribution is -2.30. The fourth-order valence-electron chi connectivity index (χ4n) is 3.82. The minimum Gasteiger partial charge on any atom is -0.491 e. The summed E-state index contributed by atoms with van der Waals surface area (Å²) in [6, 6.07) is 3.09. The largest absolute Gasteiger partial charge is 0.491 e. The zero-order valence-electron chi connectivity index (χ0n) is 20.5. The highest BCUT2D eigenvalue weighted by atomic mass is 19.4. The van der Waals surface area contributed by atoms with E-state index in [1.165, 1.54) is 6.07 Å². The van der Waals surface area contributed by atoms with E-state index in [0.717, 1.165) is 44.4 Å². The number of alkyl halides is 3. The molecule has 0 bridgehead atoms. The standard InChI is InChI=1S/C25H34F3N3O3/c1-6-7-13-31-15-21(24(2,3)4)34-23(31)29-22(32)19-14-17(25(26,27)28)10-11-20(19)33-16-18-9-8-12-30(18)5/h10-11,14-15,18H,6-9,12-13,16H2,1-5H3/t18-/m0/s1. The second-order valence-corrected chi connectivity index (χ2v) is 9.89. The average Bonchev–Trinajstić information content (AvgIpc) is 3.35. The van der Waals surface area contributed by atoms with Gasteiger partial charge in [0.2, 0.25) is 0 Å². The number of carbonyl (C=O) groups is 1. The Bertz CT molecular complexity index is 1060. The molecule has 1 atom stereocenters. The maximum absolute atomic E-state index is 13.4. The molecule has 188 valence electrons. The van der Waals surface area contributed by atoms with E-state index in [1.54, 1.807) is 10.8 Å². The van der Waals surface area contributed by atoms with Crippen molar-refractivity contribution in [3.05, 3.63) is 47.0 Å². The second kappa shape index (κ2) is 10.4. The van der Waals surface area contributed by atoms with Crippen LogP contribution in [0.1, 0.15) is 75.1 Å². The monoisotopic (exact) mass is 481 g/mol. The van der Waals surface area contributed by atoms with Gasteiger partial charge in [-0.05, 0) is 51.1 Å². The number of ether oxygens (including phenoxy) is 1. The molecular weight excluding hydrogens is 447 g/mol. The molecule has 6 nitrogen and oxygen atoms in total. The predicted molar refractivity (Wildman–Crippen MR) is 123 cm³/mol. The lowest BCUT2D eigenvalue weighted by molar-refractivity contribution is -0.137. The first kappa shape index (κ1) is 26.1. The third-order valence-corrected chi connectivity index (χ3v) is 6.05. The number of amides is 1. The molecule has 0 N–H and O–H groups in total. The summed E-state index contributed by atoms with van der Waals surface area (Å²) in [7, 11) is 1.98. The van der Waals surface area contributed by atoms with Gasteiger partial charge in [-0.2, -0.15) is 18.2 Å². The van der Waals surface area contributed by atoms with Crippen molar-refractivity contribution in [2.24, 2.45) is 4.99 Å². The van der Waals surface area contributed by atoms with E-state index in [-0.39, 0.29) is 35.1 Å². The number of hydrogen-bond acceptors (Lipinski definition) is 4. The van der Waals surface area contributed by atoms with Crippen molar-refractivity contribution < 1.29 is 27.1 Å². The molecule has 0 radical (unpaired) electrons. The van der Waals surface area contributed by atoms with Crippen molar-refractivity contribution in [1.82, 2.24) is 9.47 Å². The second-order valence-electron chi connectivity index (χ2n) is 9.89. The summed E-state index contributed by atoms with van der Waals surface area (Å²) in [4.78, 5) is 19.4. The van der Waals surface area contributed by atoms with Gasteiger partial charge in [-0.25, -0.2) is 0 Å². The number of benzene rings is 1. The van der Waals surface area contributed by atoms with Gasteiger partial charge in [-0.15, -0.1) is 0 Å². The van der Waals surface area contributed by atoms with Gasteiger partial charge in [-0.1, -0.05) is 34.1 Å². The highest BCUT2D eigenvalue weighted by molar-refractivity contribution is 5.97. The Hall–Kier alpha value is -2.55. The van der Waals surface area contributed by atoms with Crippen molar-refractivity contribution in [3.63, 3.8) is 0 Å². The summed E-state index contributed by atoms with van der Waals surface area (Å²) >= 11 is 0. The van der Waals surface area contributed by atoms with Crippen molar-refractivity contribution in [1.29, 1.82) is 0 Å². The summed E-state index contributed by atoms with van der Waals surface area (Å²) in [5, 5.41) is 0. The Morgan fingerprint density at radius 2 is 2.00 bits per heavy atom. The molecule has 9 heteroatoms. The minimum absolute atomic E-state index is 0.0715. The van der Waals surface area contributed by atoms with Gasteiger partial charge in [0.15, 0.2) is 0 Å². The van der Waals surface area contributed by atoms with Gasteiger partial charge >= 0.3 is 11.9 Å². The zero-order valence-corrected chi connectivity index (χ0v) is 20.5. The van der Waals surface area contributed by atoms with Crippen LogP contribution in [0.5, 0.6) is 5.75 Å². The Labute approximate surface area is 198 Å². The van der Waals surface area contributed by atoms with E-state index in [4.69, 9.17) is 9.15 Å². The molecular formula is C25H34F3N3O3. The van der Waals surface area contributed by atoms with Crippen LogP contribution in [0.25, 0.3) is 0 Å². The van der Waals surface area contributed by atoms with Gasteiger partial charge in [-0.3, -0.25) is 9.36 Å². The van der Waals surface area contributed by atoms with Gasteiger partial charge in [0, 0.05) is 24.2 Å². The van der Waals surface area contributed by atoms with Crippen LogP contribution >= 0.6 is 0 Å². The third-order valence-electron chi connectivity index (χ3n) is 6.05. The number of halogens is 3. The summed E-state index contributed by atoms with van der Waals surface area (Å²) in [5.74, 6) is -0.106. The Kier molecular flexibility index (Phi) is 7.95. The number of aromatic nitrogens is 1. The number of unbranched alkanes of at least 4 members (excludes halogenated alkanes) is 1. The lowest BCUT2D eigenvalue weighted by atomic mass is 9.94. The average molecular weight is 482 g/mol. The minimum atomic E-state index is -4.59. The van der Waals surface area contributed by atoms with E-state index in [1.807, 2.05) is 34.7 Å². The summed E-state index contributed by atoms with van der Waals surface area (Å²) < 4.78 is 53.6. The van der Waals surface area contributed by atoms with Crippen LogP contribution in [-0.2, 0) is 18.1 Å². The highest BCUT2D eigenvalue weighted by Crippen LogP contribution is 2.33. The Morgan fingerprint density at radius 1 is 1.26 bits per heavy atom. The Morgan fingerprint density at radius 3 is 2.59 bits per heavy atom. The Balaban J connectivity index is 2.00. The quantitative estimate of drug-likeness (QED) is 0.531. The first-order valence-electron chi connectivity index (χ1n) is 11.7. The fraction of sp³-hybridized carbons (Fsp3) is 0.600. The number of carbonyl (C=O) groups excluding carboxylic acids is 1. The molecule has 0 aliphatic carbocycles. The lowest BCUT2D eigenvalue weighted by Gasteiger charge is -2.20. The molecule has 1 aromatic carbocycles. The number of nitrogens with zero attached hydrogens (tertiary/aromatic N) is 3. The van der Waals surface area contributed by atoms with Gasteiger partial charge < -0.3 is 14.1 Å². The summed E-state index contributed by atoms with van der Waals surface area (Å²) in [5.41, 5.74) is -1.40. The molecule has 0 saturated carbocycles. The van der Waals surface area contributed by atoms with Crippen LogP contribution in [0, 0.1) is 0 Å². The van der Waals surface area contributed by atoms with E-state index in [9.17, 15) is 18.0 Å². The van der Waals surface area contributed by atoms with Crippen molar-refractivity contribution in [2.75, 3.05) is 20.2 Å². The van der Waals surface area contributed by atoms with E-state index in [0.29, 0.717) is 12.3 Å². The molecule has 2 aromatic rings. The van der Waals surface area contributed by atoms with Crippen LogP contribution in [-0.4, -0.2) is 41.6 Å². The molecule has 3 rings (SSSR count). The fourth-order valence-corrected chi connectivity index (χ4v) is 3.82. The SMILES string of the molecule is CCCCn1cc(C(C)(C)C)oc1=NC(=O)c1cc(C(F)(F)F)ccc1OC[C@@H]1CCCN1C. The smallest absolute Gasteiger partial charge is 0.416 e. The van der Waals surface area contributed by atoms with Gasteiger partial charge in [0.1, 0.15) is 18.1 Å². The molecule has 2 heterocycles. The van der Waals surface area contributed by atoms with Crippen molar-refractivity contribution in [2.45, 2.75) is 77.6 Å². The maximum atomic E-state index is 13.4. The molecule has 1 aliphatic heterocycles. The van der Waals surface area contributed by atoms with Crippen molar-refractivity contribution in [3.8, 4) is 5.75 Å². The zero-order chi connectivity index (χ0) is 25.1. The molecule has 0 unspecified atom stereocenters. The van der Waals surface area contributed by atoms with E-state index in [2.05, 4.69) is 9.89 Å². The summed E-state index contributed by atoms with van der Waals surface area (Å²) in [6.07, 6.45) is 0.954. The van der Waals surface area contributed by atoms with Gasteiger partial charge in [0.25, 0.3) is 5.91 Å². The number of hydrogen-bond donors (Lipinski definition) is 0. The molecule has 1 aliphatic rings. The van der Waals surface area contributed by atoms with Crippen LogP contribution < -0.4 is 10.4 Å². The van der Waals surface area contributed by atoms with E-state index >= 15 is 0 Å². The third kappa shape index (κ3) is 6.31. The first-order valence-corrected chi connectivity index (χ1v) is 11.7. The molecule has 0 spiro atoms. The van der Waals surface area contributed by atoms with Crippen LogP contribution in [0.2, 0.25) is 0 Å². The molecule has 1 saturated heterocycles. The molecule has 1 fully saturated rings. The normalized spacial score (nSPS) is 18.0. The van der Waals surface area contributed by atoms with Crippen LogP contribution in [0.3, 0.4) is 0 Å². The number of rotatable bonds is 7. The first-order chi connectivity index (χ1) is 15.9. The van der Waals surface area contributed by atoms with Crippen molar-refractivity contribution >= 4 is 5.91 Å². The number of oxazole rings is 1. The molecule has 1 aromatic heterocycles. The molecule has 1 amide bonds. The van der Waals surface area contributed by atoms with Gasteiger partial charge in [0.05, 0.1) is 11.1 Å². The number of likely N-dealkylation sites (N-methyl/N-ethyl adjacent to an activating group) is 1. The predicted octanol–water partition coefficient (Wildman–Crippen LogP) is 5.41.